The quantitative estimate of drug-likeness (QED) is 0.374. The number of hydrogen-bond acceptors (Lipinski definition) is 12. The maximum atomic E-state index is 12.3. The average Bonchev–Trinajstić information content (AvgIpc) is 3.11. The fourth-order valence-corrected chi connectivity index (χ4v) is 5.41. The molecular weight excluding hydrogens is 636 g/mol. The van der Waals surface area contributed by atoms with Crippen LogP contribution in [0.3, 0.4) is 0 Å². The highest BCUT2D eigenvalue weighted by molar-refractivity contribution is 5.82. The number of carbonyl (C=O) groups is 2. The van der Waals surface area contributed by atoms with Crippen LogP contribution >= 0.6 is 0 Å². The van der Waals surface area contributed by atoms with E-state index in [1.54, 1.807) is 0 Å². The lowest BCUT2D eigenvalue weighted by Gasteiger charge is -2.38. The number of carbonyl (C=O) groups excluding carboxylic acids is 2. The molecule has 49 heavy (non-hydrogen) atoms. The van der Waals surface area contributed by atoms with E-state index in [9.17, 15) is 14.7 Å². The largest absolute Gasteiger partial charge is 0.453 e. The van der Waals surface area contributed by atoms with Crippen molar-refractivity contribution in [3.8, 4) is 0 Å². The lowest BCUT2D eigenvalue weighted by Crippen LogP contribution is -2.42. The first-order valence-electron chi connectivity index (χ1n) is 17.1. The second-order valence-corrected chi connectivity index (χ2v) is 11.9. The summed E-state index contributed by atoms with van der Waals surface area (Å²) >= 11 is 0. The minimum absolute atomic E-state index is 0.0264. The van der Waals surface area contributed by atoms with E-state index in [1.807, 2.05) is 48.5 Å². The molecule has 0 aliphatic carbocycles. The Morgan fingerprint density at radius 2 is 1.29 bits per heavy atom. The molecule has 2 aliphatic rings. The third-order valence-corrected chi connectivity index (χ3v) is 8.10. The van der Waals surface area contributed by atoms with Gasteiger partial charge in [0.2, 0.25) is 0 Å². The molecule has 2 saturated heterocycles. The minimum atomic E-state index is -0.869. The van der Waals surface area contributed by atoms with Crippen LogP contribution in [-0.4, -0.2) is 120 Å². The van der Waals surface area contributed by atoms with Crippen molar-refractivity contribution in [3.63, 3.8) is 0 Å². The Bertz CT molecular complexity index is 1210. The van der Waals surface area contributed by atoms with Crippen molar-refractivity contribution in [1.29, 1.82) is 0 Å². The molecule has 2 N–H and O–H groups in total. The van der Waals surface area contributed by atoms with E-state index in [0.29, 0.717) is 92.1 Å². The maximum absolute atomic E-state index is 12.3. The third-order valence-electron chi connectivity index (χ3n) is 8.10. The fraction of sp³-hybridized carbons (Fsp3) is 0.611. The number of rotatable bonds is 9. The van der Waals surface area contributed by atoms with Gasteiger partial charge in [-0.05, 0) is 23.6 Å². The van der Waals surface area contributed by atoms with Gasteiger partial charge in [-0.2, -0.15) is 0 Å². The molecule has 2 aliphatic heterocycles. The number of nitrogens with one attached hydrogen (secondary N) is 1. The molecule has 0 bridgehead atoms. The zero-order valence-corrected chi connectivity index (χ0v) is 28.7. The van der Waals surface area contributed by atoms with Crippen molar-refractivity contribution in [2.24, 2.45) is 0 Å². The first kappa shape index (κ1) is 38.8. The summed E-state index contributed by atoms with van der Waals surface area (Å²) in [4.78, 5) is 25.8. The standard InChI is InChI=1S/C36H52N2O11/c1-27(47-28(2)40)35(41)37-24-29-3-9-32(10-4-29)36-48-33(23-34(49-36)31-7-5-30(26-39)6-8-31)25-38-11-13-42-15-17-44-19-21-46-22-20-45-18-16-43-14-12-38/h3-10,27,33-34,36,39H,11-26H2,1-2H3,(H,37,41)/t27-,33-,34+,36?/m0/s1. The fourth-order valence-electron chi connectivity index (χ4n) is 5.41. The summed E-state index contributed by atoms with van der Waals surface area (Å²) < 4.78 is 46.5. The van der Waals surface area contributed by atoms with Crippen molar-refractivity contribution in [3.05, 3.63) is 70.8 Å². The van der Waals surface area contributed by atoms with Crippen molar-refractivity contribution in [1.82, 2.24) is 10.2 Å². The Labute approximate surface area is 289 Å². The summed E-state index contributed by atoms with van der Waals surface area (Å²) in [5.74, 6) is -0.873. The van der Waals surface area contributed by atoms with Crippen LogP contribution < -0.4 is 5.32 Å². The Morgan fingerprint density at radius 1 is 0.776 bits per heavy atom. The molecule has 4 rings (SSSR count). The molecular formula is C36H52N2O11. The lowest BCUT2D eigenvalue weighted by molar-refractivity contribution is -0.253. The Balaban J connectivity index is 1.41. The van der Waals surface area contributed by atoms with Gasteiger partial charge in [-0.3, -0.25) is 14.5 Å². The molecule has 2 heterocycles. The summed E-state index contributed by atoms with van der Waals surface area (Å²) in [5, 5.41) is 12.4. The zero-order chi connectivity index (χ0) is 34.7. The first-order chi connectivity index (χ1) is 23.9. The highest BCUT2D eigenvalue weighted by Gasteiger charge is 2.33. The topological polar surface area (TPSA) is 143 Å². The first-order valence-corrected chi connectivity index (χ1v) is 17.1. The van der Waals surface area contributed by atoms with Crippen LogP contribution in [0.2, 0.25) is 0 Å². The maximum Gasteiger partial charge on any atom is 0.303 e. The predicted molar refractivity (Wildman–Crippen MR) is 178 cm³/mol. The molecule has 0 spiro atoms. The number of benzene rings is 2. The van der Waals surface area contributed by atoms with Crippen molar-refractivity contribution < 1.29 is 52.6 Å². The molecule has 13 heteroatoms. The molecule has 0 radical (unpaired) electrons. The molecule has 4 atom stereocenters. The van der Waals surface area contributed by atoms with E-state index < -0.39 is 18.4 Å². The van der Waals surface area contributed by atoms with Gasteiger partial charge in [0.05, 0.1) is 84.9 Å². The molecule has 272 valence electrons. The Kier molecular flexibility index (Phi) is 17.4. The summed E-state index contributed by atoms with van der Waals surface area (Å²) in [6.45, 7) is 10.3. The van der Waals surface area contributed by atoms with E-state index in [2.05, 4.69) is 10.2 Å². The highest BCUT2D eigenvalue weighted by atomic mass is 16.7. The van der Waals surface area contributed by atoms with E-state index in [4.69, 9.17) is 37.9 Å². The van der Waals surface area contributed by atoms with Gasteiger partial charge in [-0.25, -0.2) is 0 Å². The molecule has 2 fully saturated rings. The lowest BCUT2D eigenvalue weighted by atomic mass is 9.99. The summed E-state index contributed by atoms with van der Waals surface area (Å²) in [5.41, 5.74) is 3.57. The van der Waals surface area contributed by atoms with E-state index in [1.165, 1.54) is 13.8 Å². The normalized spacial score (nSPS) is 23.4. The second-order valence-electron chi connectivity index (χ2n) is 11.9. The Morgan fingerprint density at radius 3 is 1.82 bits per heavy atom. The van der Waals surface area contributed by atoms with Crippen molar-refractivity contribution in [2.45, 2.75) is 58.0 Å². The second kappa shape index (κ2) is 22.0. The molecule has 1 unspecified atom stereocenters. The van der Waals surface area contributed by atoms with Crippen LogP contribution in [0.1, 0.15) is 54.9 Å². The van der Waals surface area contributed by atoms with Crippen LogP contribution in [0.15, 0.2) is 48.5 Å². The SMILES string of the molecule is CC(=O)O[C@@H](C)C(=O)NCc1ccc(C2O[C@H](CN3CCOCCOCCOCCOCCOCC3)C[C@H](c3ccc(CO)cc3)O2)cc1. The van der Waals surface area contributed by atoms with Gasteiger partial charge in [0.15, 0.2) is 12.4 Å². The van der Waals surface area contributed by atoms with Crippen LogP contribution in [0, 0.1) is 0 Å². The monoisotopic (exact) mass is 688 g/mol. The molecule has 0 saturated carbocycles. The zero-order valence-electron chi connectivity index (χ0n) is 28.7. The highest BCUT2D eigenvalue weighted by Crippen LogP contribution is 2.38. The van der Waals surface area contributed by atoms with E-state index in [-0.39, 0.29) is 31.3 Å². The van der Waals surface area contributed by atoms with Gasteiger partial charge >= 0.3 is 5.97 Å². The van der Waals surface area contributed by atoms with Crippen LogP contribution in [-0.2, 0) is 60.6 Å². The van der Waals surface area contributed by atoms with E-state index >= 15 is 0 Å². The third kappa shape index (κ3) is 14.4. The molecule has 1 amide bonds. The van der Waals surface area contributed by atoms with Crippen molar-refractivity contribution in [2.75, 3.05) is 85.7 Å². The number of esters is 1. The number of amides is 1. The molecule has 0 aromatic heterocycles. The summed E-state index contributed by atoms with van der Waals surface area (Å²) in [6, 6.07) is 15.5. The van der Waals surface area contributed by atoms with Gasteiger partial charge in [0.25, 0.3) is 5.91 Å². The molecule has 2 aromatic rings. The predicted octanol–water partition coefficient (Wildman–Crippen LogP) is 2.69. The summed E-state index contributed by atoms with van der Waals surface area (Å²) in [6.07, 6.45) is -1.25. The number of ether oxygens (including phenoxy) is 8. The van der Waals surface area contributed by atoms with Gasteiger partial charge in [-0.1, -0.05) is 48.5 Å². The van der Waals surface area contributed by atoms with Gasteiger partial charge in [0, 0.05) is 45.1 Å². The number of nitrogens with zero attached hydrogens (tertiary/aromatic N) is 1. The van der Waals surface area contributed by atoms with Crippen molar-refractivity contribution >= 4 is 11.9 Å². The molecule has 2 aromatic carbocycles. The number of hydrogen-bond donors (Lipinski definition) is 2. The van der Waals surface area contributed by atoms with E-state index in [0.717, 1.165) is 22.3 Å². The Hall–Kier alpha value is -2.98. The molecule has 13 nitrogen and oxygen atoms in total. The van der Waals surface area contributed by atoms with Gasteiger partial charge in [0.1, 0.15) is 0 Å². The smallest absolute Gasteiger partial charge is 0.303 e. The van der Waals surface area contributed by atoms with Crippen LogP contribution in [0.5, 0.6) is 0 Å². The average molecular weight is 689 g/mol. The number of aliphatic hydroxyl groups excluding tert-OH is 1. The van der Waals surface area contributed by atoms with Gasteiger partial charge in [-0.15, -0.1) is 0 Å². The minimum Gasteiger partial charge on any atom is -0.453 e. The van der Waals surface area contributed by atoms with Crippen LogP contribution in [0.4, 0.5) is 0 Å². The van der Waals surface area contributed by atoms with Crippen LogP contribution in [0.25, 0.3) is 0 Å². The number of aliphatic hydroxyl groups is 1. The summed E-state index contributed by atoms with van der Waals surface area (Å²) in [7, 11) is 0. The van der Waals surface area contributed by atoms with Gasteiger partial charge < -0.3 is 48.3 Å².